The molecule has 0 spiro atoms. The summed E-state index contributed by atoms with van der Waals surface area (Å²) in [6.45, 7) is 5.85. The van der Waals surface area contributed by atoms with E-state index in [1.165, 1.54) is 5.56 Å². The lowest BCUT2D eigenvalue weighted by molar-refractivity contribution is -0.143. The minimum absolute atomic E-state index is 0.266. The Balaban J connectivity index is 1.47. The van der Waals surface area contributed by atoms with Crippen molar-refractivity contribution in [1.82, 2.24) is 14.8 Å². The molecule has 4 aromatic rings. The molecule has 2 heterocycles. The van der Waals surface area contributed by atoms with Crippen LogP contribution in [0.2, 0.25) is 5.02 Å². The largest absolute Gasteiger partial charge is 0.489 e. The Labute approximate surface area is 237 Å². The fourth-order valence-corrected chi connectivity index (χ4v) is 5.29. The number of rotatable bonds is 9. The minimum atomic E-state index is -0.546. The molecule has 39 heavy (non-hydrogen) atoms. The van der Waals surface area contributed by atoms with Crippen LogP contribution < -0.4 is 10.1 Å². The number of nitrogens with zero attached hydrogens (tertiary/aromatic N) is 3. The molecule has 1 N–H and O–H groups in total. The van der Waals surface area contributed by atoms with Crippen LogP contribution >= 0.6 is 23.4 Å². The van der Waals surface area contributed by atoms with E-state index in [0.717, 1.165) is 16.9 Å². The predicted molar refractivity (Wildman–Crippen MR) is 154 cm³/mol. The van der Waals surface area contributed by atoms with E-state index in [4.69, 9.17) is 31.2 Å². The Bertz CT molecular complexity index is 1500. The molecule has 9 heteroatoms. The molecule has 0 saturated heterocycles. The predicted octanol–water partition coefficient (Wildman–Crippen LogP) is 7.04. The Kier molecular flexibility index (Phi) is 8.24. The van der Waals surface area contributed by atoms with Gasteiger partial charge in [0.1, 0.15) is 18.4 Å². The lowest BCUT2D eigenvalue weighted by Gasteiger charge is -2.28. The summed E-state index contributed by atoms with van der Waals surface area (Å²) < 4.78 is 13.5. The molecule has 0 radical (unpaired) electrons. The number of carbonyl (C=O) groups excluding carboxylic acids is 1. The molecule has 0 saturated carbocycles. The van der Waals surface area contributed by atoms with Crippen molar-refractivity contribution in [2.24, 2.45) is 0 Å². The number of anilines is 1. The summed E-state index contributed by atoms with van der Waals surface area (Å²) in [5.74, 6) is 1.55. The van der Waals surface area contributed by atoms with Gasteiger partial charge in [-0.25, -0.2) is 9.48 Å². The number of hydrogen-bond acceptors (Lipinski definition) is 7. The van der Waals surface area contributed by atoms with E-state index >= 15 is 0 Å². The zero-order chi connectivity index (χ0) is 27.4. The second kappa shape index (κ2) is 12.0. The van der Waals surface area contributed by atoms with Crippen molar-refractivity contribution >= 4 is 35.3 Å². The van der Waals surface area contributed by atoms with E-state index < -0.39 is 12.0 Å². The fraction of sp³-hybridized carbons (Fsp3) is 0.233. The first-order valence-electron chi connectivity index (χ1n) is 12.7. The topological polar surface area (TPSA) is 78.3 Å². The lowest BCUT2D eigenvalue weighted by atomic mass is 9.95. The van der Waals surface area contributed by atoms with E-state index in [1.54, 1.807) is 16.4 Å². The molecule has 1 atom stereocenters. The second-order valence-electron chi connectivity index (χ2n) is 9.41. The van der Waals surface area contributed by atoms with E-state index in [2.05, 4.69) is 17.4 Å². The molecule has 7 nitrogen and oxygen atoms in total. The normalized spacial score (nSPS) is 14.6. The quantitative estimate of drug-likeness (QED) is 0.174. The van der Waals surface area contributed by atoms with Gasteiger partial charge in [0.2, 0.25) is 11.1 Å². The van der Waals surface area contributed by atoms with Gasteiger partial charge in [-0.2, -0.15) is 4.98 Å². The van der Waals surface area contributed by atoms with Crippen molar-refractivity contribution in [3.63, 3.8) is 0 Å². The number of ether oxygens (including phenoxy) is 2. The Hall–Kier alpha value is -3.75. The van der Waals surface area contributed by atoms with Crippen molar-refractivity contribution < 1.29 is 14.3 Å². The SMILES string of the molecule is CC1=C(C(=O)OC(C)C)C(c2cccc(OCc3ccccc3Cl)c2)n2nc(SCc3ccccc3)nc2N1. The molecular formula is C30H29ClN4O3S. The molecule has 0 aliphatic carbocycles. The van der Waals surface area contributed by atoms with Gasteiger partial charge >= 0.3 is 5.97 Å². The summed E-state index contributed by atoms with van der Waals surface area (Å²) in [5.41, 5.74) is 4.05. The number of esters is 1. The van der Waals surface area contributed by atoms with Crippen LogP contribution in [0.5, 0.6) is 5.75 Å². The number of aromatic nitrogens is 3. The monoisotopic (exact) mass is 560 g/mol. The molecule has 0 amide bonds. The van der Waals surface area contributed by atoms with Crippen LogP contribution in [-0.2, 0) is 21.9 Å². The molecule has 0 fully saturated rings. The average molecular weight is 561 g/mol. The minimum Gasteiger partial charge on any atom is -0.489 e. The molecule has 1 aliphatic heterocycles. The molecule has 5 rings (SSSR count). The smallest absolute Gasteiger partial charge is 0.338 e. The zero-order valence-corrected chi connectivity index (χ0v) is 23.5. The number of carbonyl (C=O) groups is 1. The zero-order valence-electron chi connectivity index (χ0n) is 21.9. The maximum Gasteiger partial charge on any atom is 0.338 e. The van der Waals surface area contributed by atoms with Crippen LogP contribution in [0.1, 0.15) is 43.5 Å². The van der Waals surface area contributed by atoms with Gasteiger partial charge in [0, 0.05) is 22.0 Å². The number of halogens is 1. The Morgan fingerprint density at radius 2 is 1.85 bits per heavy atom. The molecular weight excluding hydrogens is 532 g/mol. The van der Waals surface area contributed by atoms with Gasteiger partial charge in [0.15, 0.2) is 0 Å². The highest BCUT2D eigenvalue weighted by Crippen LogP contribution is 2.38. The number of hydrogen-bond donors (Lipinski definition) is 1. The van der Waals surface area contributed by atoms with Gasteiger partial charge in [-0.1, -0.05) is 84.0 Å². The van der Waals surface area contributed by atoms with Gasteiger partial charge in [-0.05, 0) is 50.1 Å². The van der Waals surface area contributed by atoms with Crippen LogP contribution in [0.3, 0.4) is 0 Å². The first-order chi connectivity index (χ1) is 18.9. The van der Waals surface area contributed by atoms with Crippen molar-refractivity contribution in [2.45, 2.75) is 50.4 Å². The standard InChI is InChI=1S/C30H29ClN4O3S/c1-19(2)38-28(36)26-20(3)32-29-33-30(39-18-21-10-5-4-6-11-21)34-35(29)27(26)22-13-9-14-24(16-22)37-17-23-12-7-8-15-25(23)31/h4-16,19,27H,17-18H2,1-3H3,(H,32,33,34). The summed E-state index contributed by atoms with van der Waals surface area (Å²) in [7, 11) is 0. The molecule has 200 valence electrons. The highest BCUT2D eigenvalue weighted by atomic mass is 35.5. The summed E-state index contributed by atoms with van der Waals surface area (Å²) in [5, 5.41) is 9.33. The van der Waals surface area contributed by atoms with Crippen LogP contribution in [0.25, 0.3) is 0 Å². The second-order valence-corrected chi connectivity index (χ2v) is 10.8. The third kappa shape index (κ3) is 6.29. The first kappa shape index (κ1) is 26.8. The van der Waals surface area contributed by atoms with Crippen LogP contribution in [0, 0.1) is 0 Å². The van der Waals surface area contributed by atoms with E-state index in [1.807, 2.05) is 87.5 Å². The lowest BCUT2D eigenvalue weighted by Crippen LogP contribution is -2.30. The van der Waals surface area contributed by atoms with E-state index in [-0.39, 0.29) is 6.10 Å². The summed E-state index contributed by atoms with van der Waals surface area (Å²) in [6, 6.07) is 24.9. The number of benzene rings is 3. The van der Waals surface area contributed by atoms with Crippen LogP contribution in [-0.4, -0.2) is 26.8 Å². The van der Waals surface area contributed by atoms with E-state index in [9.17, 15) is 4.79 Å². The third-order valence-electron chi connectivity index (χ3n) is 6.13. The Morgan fingerprint density at radius 1 is 1.08 bits per heavy atom. The number of nitrogens with one attached hydrogen (secondary N) is 1. The third-order valence-corrected chi connectivity index (χ3v) is 7.41. The Morgan fingerprint density at radius 3 is 2.62 bits per heavy atom. The van der Waals surface area contributed by atoms with Gasteiger partial charge in [-0.15, -0.1) is 5.10 Å². The van der Waals surface area contributed by atoms with Gasteiger partial charge < -0.3 is 14.8 Å². The molecule has 3 aromatic carbocycles. The number of thioether (sulfide) groups is 1. The summed E-state index contributed by atoms with van der Waals surface area (Å²) >= 11 is 7.85. The maximum atomic E-state index is 13.3. The van der Waals surface area contributed by atoms with Gasteiger partial charge in [-0.3, -0.25) is 0 Å². The van der Waals surface area contributed by atoms with Crippen molar-refractivity contribution in [1.29, 1.82) is 0 Å². The van der Waals surface area contributed by atoms with Crippen molar-refractivity contribution in [3.05, 3.63) is 112 Å². The van der Waals surface area contributed by atoms with Crippen molar-refractivity contribution in [2.75, 3.05) is 5.32 Å². The molecule has 1 aromatic heterocycles. The van der Waals surface area contributed by atoms with E-state index in [0.29, 0.717) is 39.8 Å². The maximum absolute atomic E-state index is 13.3. The average Bonchev–Trinajstić information content (AvgIpc) is 3.33. The van der Waals surface area contributed by atoms with Crippen LogP contribution in [0.15, 0.2) is 95.3 Å². The van der Waals surface area contributed by atoms with Gasteiger partial charge in [0.25, 0.3) is 0 Å². The van der Waals surface area contributed by atoms with Gasteiger partial charge in [0.05, 0.1) is 11.7 Å². The van der Waals surface area contributed by atoms with Crippen LogP contribution in [0.4, 0.5) is 5.95 Å². The summed E-state index contributed by atoms with van der Waals surface area (Å²) in [4.78, 5) is 18.1. The first-order valence-corrected chi connectivity index (χ1v) is 14.0. The molecule has 1 aliphatic rings. The molecule has 1 unspecified atom stereocenters. The molecule has 0 bridgehead atoms. The number of fused-ring (bicyclic) bond motifs is 1. The fourth-order valence-electron chi connectivity index (χ4n) is 4.32. The van der Waals surface area contributed by atoms with Crippen molar-refractivity contribution in [3.8, 4) is 5.75 Å². The number of allylic oxidation sites excluding steroid dienone is 1. The highest BCUT2D eigenvalue weighted by molar-refractivity contribution is 7.98. The highest BCUT2D eigenvalue weighted by Gasteiger charge is 2.35. The summed E-state index contributed by atoms with van der Waals surface area (Å²) in [6.07, 6.45) is -0.266.